The molecule has 1 fully saturated rings. The lowest BCUT2D eigenvalue weighted by molar-refractivity contribution is 0.393. The van der Waals surface area contributed by atoms with Gasteiger partial charge in [0.05, 0.1) is 0 Å². The van der Waals surface area contributed by atoms with E-state index in [2.05, 4.69) is 14.8 Å². The Labute approximate surface area is 117 Å². The van der Waals surface area contributed by atoms with Crippen LogP contribution in [0.5, 0.6) is 0 Å². The lowest BCUT2D eigenvalue weighted by Crippen LogP contribution is -2.32. The lowest BCUT2D eigenvalue weighted by Gasteiger charge is -2.16. The molecule has 1 aliphatic carbocycles. The van der Waals surface area contributed by atoms with Crippen molar-refractivity contribution in [3.63, 3.8) is 0 Å². The molecule has 2 aromatic rings. The van der Waals surface area contributed by atoms with Crippen LogP contribution in [0.15, 0.2) is 47.9 Å². The highest BCUT2D eigenvalue weighted by atomic mass is 32.2. The molecule has 0 amide bonds. The molecule has 0 unspecified atom stereocenters. The summed E-state index contributed by atoms with van der Waals surface area (Å²) in [7, 11) is -3.47. The van der Waals surface area contributed by atoms with Crippen molar-refractivity contribution in [3.05, 3.63) is 43.0 Å². The third-order valence-corrected chi connectivity index (χ3v) is 4.98. The number of rotatable bonds is 6. The maximum atomic E-state index is 12.1. The number of pyridine rings is 1. The highest BCUT2D eigenvalue weighted by Gasteiger charge is 2.43. The van der Waals surface area contributed by atoms with Gasteiger partial charge in [-0.05, 0) is 31.0 Å². The van der Waals surface area contributed by atoms with Crippen LogP contribution in [0.1, 0.15) is 12.8 Å². The van der Waals surface area contributed by atoms with Gasteiger partial charge in [-0.15, -0.1) is 0 Å². The van der Waals surface area contributed by atoms with Crippen molar-refractivity contribution in [2.75, 3.05) is 6.54 Å². The Balaban J connectivity index is 1.65. The largest absolute Gasteiger partial charge is 0.272 e. The molecule has 3 rings (SSSR count). The van der Waals surface area contributed by atoms with Crippen molar-refractivity contribution in [1.82, 2.24) is 19.5 Å². The van der Waals surface area contributed by atoms with Gasteiger partial charge in [0.15, 0.2) is 0 Å². The topological polar surface area (TPSA) is 76.9 Å². The standard InChI is InChI=1S/C13H16N4O2S/c18-20(19,12-3-1-6-14-9-12)16-10-13(4-5-13)11-17-8-2-7-15-17/h1-3,6-9,16H,4-5,10-11H2. The number of hydrogen-bond acceptors (Lipinski definition) is 4. The fraction of sp³-hybridized carbons (Fsp3) is 0.385. The molecule has 6 nitrogen and oxygen atoms in total. The molecule has 1 saturated carbocycles. The van der Waals surface area contributed by atoms with Crippen molar-refractivity contribution >= 4 is 10.0 Å². The van der Waals surface area contributed by atoms with E-state index in [9.17, 15) is 8.42 Å². The predicted octanol–water partition coefficient (Wildman–Crippen LogP) is 1.04. The van der Waals surface area contributed by atoms with Gasteiger partial charge in [-0.1, -0.05) is 0 Å². The van der Waals surface area contributed by atoms with Crippen LogP contribution >= 0.6 is 0 Å². The number of hydrogen-bond donors (Lipinski definition) is 1. The van der Waals surface area contributed by atoms with Crippen molar-refractivity contribution in [2.24, 2.45) is 5.41 Å². The molecule has 0 aliphatic heterocycles. The zero-order valence-electron chi connectivity index (χ0n) is 10.9. The van der Waals surface area contributed by atoms with Gasteiger partial charge in [0, 0.05) is 43.3 Å². The van der Waals surface area contributed by atoms with Crippen LogP contribution < -0.4 is 4.72 Å². The first-order chi connectivity index (χ1) is 9.60. The Morgan fingerprint density at radius 2 is 2.15 bits per heavy atom. The molecular weight excluding hydrogens is 276 g/mol. The molecule has 20 heavy (non-hydrogen) atoms. The molecular formula is C13H16N4O2S. The van der Waals surface area contributed by atoms with E-state index in [0.717, 1.165) is 19.4 Å². The summed E-state index contributed by atoms with van der Waals surface area (Å²) in [6, 6.07) is 5.03. The molecule has 106 valence electrons. The predicted molar refractivity (Wildman–Crippen MR) is 73.3 cm³/mol. The Hall–Kier alpha value is -1.73. The zero-order valence-corrected chi connectivity index (χ0v) is 11.8. The molecule has 0 radical (unpaired) electrons. The second-order valence-electron chi connectivity index (χ2n) is 5.22. The first-order valence-corrected chi connectivity index (χ1v) is 7.95. The van der Waals surface area contributed by atoms with Gasteiger partial charge in [0.2, 0.25) is 10.0 Å². The summed E-state index contributed by atoms with van der Waals surface area (Å²) in [6.07, 6.45) is 8.57. The fourth-order valence-corrected chi connectivity index (χ4v) is 3.26. The molecule has 2 heterocycles. The normalized spacial score (nSPS) is 17.0. The second kappa shape index (κ2) is 4.99. The zero-order chi connectivity index (χ0) is 14.1. The lowest BCUT2D eigenvalue weighted by atomic mass is 10.1. The molecule has 0 spiro atoms. The van der Waals surface area contributed by atoms with Crippen molar-refractivity contribution < 1.29 is 8.42 Å². The first-order valence-electron chi connectivity index (χ1n) is 6.47. The summed E-state index contributed by atoms with van der Waals surface area (Å²) < 4.78 is 28.8. The number of aromatic nitrogens is 3. The van der Waals surface area contributed by atoms with Crippen molar-refractivity contribution in [1.29, 1.82) is 0 Å². The molecule has 2 aromatic heterocycles. The SMILES string of the molecule is O=S(=O)(NCC1(Cn2cccn2)CC1)c1cccnc1. The van der Waals surface area contributed by atoms with Gasteiger partial charge >= 0.3 is 0 Å². The average molecular weight is 292 g/mol. The second-order valence-corrected chi connectivity index (χ2v) is 6.98. The third kappa shape index (κ3) is 2.88. The minimum atomic E-state index is -3.47. The maximum absolute atomic E-state index is 12.1. The summed E-state index contributed by atoms with van der Waals surface area (Å²) in [5.74, 6) is 0. The van der Waals surface area contributed by atoms with E-state index in [0.29, 0.717) is 6.54 Å². The van der Waals surface area contributed by atoms with E-state index in [4.69, 9.17) is 0 Å². The Morgan fingerprint density at radius 1 is 1.30 bits per heavy atom. The highest BCUT2D eigenvalue weighted by Crippen LogP contribution is 2.46. The summed E-state index contributed by atoms with van der Waals surface area (Å²) in [4.78, 5) is 4.04. The quantitative estimate of drug-likeness (QED) is 0.863. The molecule has 0 aromatic carbocycles. The van der Waals surface area contributed by atoms with Gasteiger partial charge in [-0.3, -0.25) is 9.67 Å². The summed E-state index contributed by atoms with van der Waals surface area (Å²) in [6.45, 7) is 1.18. The summed E-state index contributed by atoms with van der Waals surface area (Å²) in [5, 5.41) is 4.17. The summed E-state index contributed by atoms with van der Waals surface area (Å²) in [5.41, 5.74) is 0.00129. The maximum Gasteiger partial charge on any atom is 0.242 e. The van der Waals surface area contributed by atoms with E-state index >= 15 is 0 Å². The van der Waals surface area contributed by atoms with Crippen LogP contribution in [-0.4, -0.2) is 29.7 Å². The number of nitrogens with zero attached hydrogens (tertiary/aromatic N) is 3. The van der Waals surface area contributed by atoms with E-state index in [1.807, 2.05) is 16.9 Å². The van der Waals surface area contributed by atoms with Crippen LogP contribution in [0, 0.1) is 5.41 Å². The molecule has 0 atom stereocenters. The summed E-state index contributed by atoms with van der Waals surface area (Å²) >= 11 is 0. The van der Waals surface area contributed by atoms with E-state index in [-0.39, 0.29) is 10.3 Å². The monoisotopic (exact) mass is 292 g/mol. The molecule has 7 heteroatoms. The molecule has 0 saturated heterocycles. The first kappa shape index (κ1) is 13.3. The van der Waals surface area contributed by atoms with Gasteiger partial charge in [0.1, 0.15) is 4.90 Å². The van der Waals surface area contributed by atoms with Gasteiger partial charge in [0.25, 0.3) is 0 Å². The van der Waals surface area contributed by atoms with Crippen LogP contribution in [0.25, 0.3) is 0 Å². The fourth-order valence-electron chi connectivity index (χ4n) is 2.14. The van der Waals surface area contributed by atoms with Crippen LogP contribution in [0.2, 0.25) is 0 Å². The van der Waals surface area contributed by atoms with Crippen molar-refractivity contribution in [2.45, 2.75) is 24.3 Å². The van der Waals surface area contributed by atoms with E-state index in [1.54, 1.807) is 24.5 Å². The minimum absolute atomic E-state index is 0.00129. The minimum Gasteiger partial charge on any atom is -0.272 e. The van der Waals surface area contributed by atoms with E-state index < -0.39 is 10.0 Å². The molecule has 1 aliphatic rings. The van der Waals surface area contributed by atoms with Crippen LogP contribution in [0.4, 0.5) is 0 Å². The Bertz CT molecular complexity index is 664. The Morgan fingerprint density at radius 3 is 2.75 bits per heavy atom. The van der Waals surface area contributed by atoms with Gasteiger partial charge < -0.3 is 0 Å². The third-order valence-electron chi connectivity index (χ3n) is 3.60. The molecule has 1 N–H and O–H groups in total. The number of nitrogens with one attached hydrogen (secondary N) is 1. The van der Waals surface area contributed by atoms with Crippen LogP contribution in [0.3, 0.4) is 0 Å². The van der Waals surface area contributed by atoms with Gasteiger partial charge in [-0.25, -0.2) is 13.1 Å². The van der Waals surface area contributed by atoms with Gasteiger partial charge in [-0.2, -0.15) is 5.10 Å². The number of sulfonamides is 1. The average Bonchev–Trinajstić information content (AvgIpc) is 3.03. The smallest absolute Gasteiger partial charge is 0.242 e. The van der Waals surface area contributed by atoms with Crippen molar-refractivity contribution in [3.8, 4) is 0 Å². The Kier molecular flexibility index (Phi) is 3.31. The highest BCUT2D eigenvalue weighted by molar-refractivity contribution is 7.89. The van der Waals surface area contributed by atoms with E-state index in [1.165, 1.54) is 6.20 Å². The van der Waals surface area contributed by atoms with Crippen LogP contribution in [-0.2, 0) is 16.6 Å². The molecule has 0 bridgehead atoms.